The van der Waals surface area contributed by atoms with Gasteiger partial charge in [-0.3, -0.25) is 9.48 Å². The summed E-state index contributed by atoms with van der Waals surface area (Å²) in [5.41, 5.74) is 6.07. The fourth-order valence-electron chi connectivity index (χ4n) is 3.93. The number of pyridine rings is 1. The van der Waals surface area contributed by atoms with E-state index in [0.717, 1.165) is 25.7 Å². The van der Waals surface area contributed by atoms with Gasteiger partial charge in [0.25, 0.3) is 5.56 Å². The molecule has 0 radical (unpaired) electrons. The largest absolute Gasteiger partial charge is 0.407 e. The fraction of sp³-hybridized carbons (Fsp3) is 0.400. The Bertz CT molecular complexity index is 1070. The summed E-state index contributed by atoms with van der Waals surface area (Å²) in [6, 6.07) is 5.70. The molecule has 1 aromatic carbocycles. The van der Waals surface area contributed by atoms with Crippen molar-refractivity contribution in [2.24, 2.45) is 5.73 Å². The number of alkyl halides is 3. The zero-order chi connectivity index (χ0) is 20.6. The smallest absolute Gasteiger partial charge is 0.338 e. The van der Waals surface area contributed by atoms with Crippen LogP contribution in [-0.2, 0) is 0 Å². The molecule has 6 nitrogen and oxygen atoms in total. The lowest BCUT2D eigenvalue weighted by Crippen LogP contribution is -2.28. The molecule has 154 valence electrons. The minimum atomic E-state index is -4.54. The van der Waals surface area contributed by atoms with Crippen LogP contribution in [0.5, 0.6) is 0 Å². The second-order valence-electron chi connectivity index (χ2n) is 7.42. The van der Waals surface area contributed by atoms with Crippen molar-refractivity contribution < 1.29 is 13.2 Å². The molecule has 2 aromatic heterocycles. The first-order chi connectivity index (χ1) is 13.8. The lowest BCUT2D eigenvalue weighted by atomic mass is 9.95. The van der Waals surface area contributed by atoms with Gasteiger partial charge in [-0.25, -0.2) is 0 Å². The Morgan fingerprint density at radius 3 is 2.69 bits per heavy atom. The highest BCUT2D eigenvalue weighted by molar-refractivity contribution is 5.91. The molecular formula is C20H22F3N5O. The molecule has 0 unspecified atom stereocenters. The zero-order valence-electron chi connectivity index (χ0n) is 15.7. The van der Waals surface area contributed by atoms with Crippen molar-refractivity contribution in [2.45, 2.75) is 50.4 Å². The molecule has 0 amide bonds. The second-order valence-corrected chi connectivity index (χ2v) is 7.42. The third kappa shape index (κ3) is 3.87. The van der Waals surface area contributed by atoms with Gasteiger partial charge < -0.3 is 16.0 Å². The van der Waals surface area contributed by atoms with Crippen LogP contribution < -0.4 is 16.6 Å². The Labute approximate surface area is 164 Å². The Morgan fingerprint density at radius 2 is 1.97 bits per heavy atom. The monoisotopic (exact) mass is 405 g/mol. The van der Waals surface area contributed by atoms with Crippen LogP contribution >= 0.6 is 0 Å². The minimum Gasteiger partial charge on any atom is -0.338 e. The molecule has 4 N–H and O–H groups in total. The fourth-order valence-corrected chi connectivity index (χ4v) is 3.93. The average Bonchev–Trinajstić information content (AvgIpc) is 3.07. The SMILES string of the molecule is N[C@H](c1cccc(Nc2nn(C3CCCCC3)c3cc[nH]c(=O)c23)c1)C(F)(F)F. The Morgan fingerprint density at radius 1 is 1.21 bits per heavy atom. The van der Waals surface area contributed by atoms with Crippen molar-refractivity contribution in [1.29, 1.82) is 0 Å². The summed E-state index contributed by atoms with van der Waals surface area (Å²) < 4.78 is 40.7. The van der Waals surface area contributed by atoms with Crippen molar-refractivity contribution >= 4 is 22.4 Å². The van der Waals surface area contributed by atoms with E-state index in [0.29, 0.717) is 22.4 Å². The third-order valence-corrected chi connectivity index (χ3v) is 5.41. The summed E-state index contributed by atoms with van der Waals surface area (Å²) in [7, 11) is 0. The van der Waals surface area contributed by atoms with Crippen LogP contribution in [0.3, 0.4) is 0 Å². The number of hydrogen-bond donors (Lipinski definition) is 3. The van der Waals surface area contributed by atoms with E-state index in [2.05, 4.69) is 15.4 Å². The van der Waals surface area contributed by atoms with Crippen LogP contribution in [0.15, 0.2) is 41.3 Å². The van der Waals surface area contributed by atoms with Crippen molar-refractivity contribution in [3.8, 4) is 0 Å². The molecule has 0 spiro atoms. The summed E-state index contributed by atoms with van der Waals surface area (Å²) >= 11 is 0. The Balaban J connectivity index is 1.73. The Hall–Kier alpha value is -2.81. The lowest BCUT2D eigenvalue weighted by Gasteiger charge is -2.22. The van der Waals surface area contributed by atoms with Gasteiger partial charge in [-0.05, 0) is 36.6 Å². The van der Waals surface area contributed by atoms with Gasteiger partial charge in [0.15, 0.2) is 5.82 Å². The molecule has 0 bridgehead atoms. The molecule has 29 heavy (non-hydrogen) atoms. The molecular weight excluding hydrogens is 383 g/mol. The molecule has 2 heterocycles. The van der Waals surface area contributed by atoms with E-state index < -0.39 is 12.2 Å². The first-order valence-electron chi connectivity index (χ1n) is 9.64. The van der Waals surface area contributed by atoms with Crippen molar-refractivity contribution in [1.82, 2.24) is 14.8 Å². The summed E-state index contributed by atoms with van der Waals surface area (Å²) in [5.74, 6) is 0.324. The molecule has 1 aliphatic rings. The number of fused-ring (bicyclic) bond motifs is 1. The molecule has 0 aliphatic heterocycles. The number of anilines is 2. The maximum absolute atomic E-state index is 13.0. The number of halogens is 3. The van der Waals surface area contributed by atoms with Gasteiger partial charge in [0, 0.05) is 11.9 Å². The predicted molar refractivity (Wildman–Crippen MR) is 105 cm³/mol. The first-order valence-corrected chi connectivity index (χ1v) is 9.64. The summed E-state index contributed by atoms with van der Waals surface area (Å²) in [4.78, 5) is 15.1. The highest BCUT2D eigenvalue weighted by atomic mass is 19.4. The number of nitrogens with one attached hydrogen (secondary N) is 2. The normalized spacial score (nSPS) is 16.8. The summed E-state index contributed by atoms with van der Waals surface area (Å²) in [6.45, 7) is 0. The predicted octanol–water partition coefficient (Wildman–Crippen LogP) is 4.54. The number of H-pyrrole nitrogens is 1. The van der Waals surface area contributed by atoms with E-state index in [-0.39, 0.29) is 17.2 Å². The maximum atomic E-state index is 13.0. The van der Waals surface area contributed by atoms with Crippen molar-refractivity contribution in [2.75, 3.05) is 5.32 Å². The topological polar surface area (TPSA) is 88.7 Å². The van der Waals surface area contributed by atoms with Crippen LogP contribution in [0.4, 0.5) is 24.7 Å². The van der Waals surface area contributed by atoms with E-state index in [9.17, 15) is 18.0 Å². The number of rotatable bonds is 4. The van der Waals surface area contributed by atoms with E-state index in [1.807, 2.05) is 4.68 Å². The van der Waals surface area contributed by atoms with Crippen molar-refractivity contribution in [3.05, 3.63) is 52.4 Å². The number of nitrogens with two attached hydrogens (primary N) is 1. The van der Waals surface area contributed by atoms with Gasteiger partial charge in [-0.1, -0.05) is 31.4 Å². The highest BCUT2D eigenvalue weighted by Gasteiger charge is 2.37. The highest BCUT2D eigenvalue weighted by Crippen LogP contribution is 2.34. The molecule has 1 fully saturated rings. The molecule has 1 aliphatic carbocycles. The Kier molecular flexibility index (Phi) is 5.08. The molecule has 0 saturated heterocycles. The van der Waals surface area contributed by atoms with Crippen LogP contribution in [0, 0.1) is 0 Å². The maximum Gasteiger partial charge on any atom is 0.407 e. The van der Waals surface area contributed by atoms with E-state index >= 15 is 0 Å². The third-order valence-electron chi connectivity index (χ3n) is 5.41. The standard InChI is InChI=1S/C20H22F3N5O/c21-20(22,23)17(24)12-5-4-6-13(11-12)26-18-16-15(9-10-25-19(16)29)28(27-18)14-7-2-1-3-8-14/h4-6,9-11,14,17H,1-3,7-8,24H2,(H,25,29)(H,26,27)/t17-/m1/s1. The van der Waals surface area contributed by atoms with Crippen molar-refractivity contribution in [3.63, 3.8) is 0 Å². The van der Waals surface area contributed by atoms with Crippen LogP contribution in [0.2, 0.25) is 0 Å². The molecule has 1 saturated carbocycles. The number of nitrogens with zero attached hydrogens (tertiary/aromatic N) is 2. The van der Waals surface area contributed by atoms with Gasteiger partial charge in [0.05, 0.1) is 11.6 Å². The minimum absolute atomic E-state index is 0.0626. The van der Waals surface area contributed by atoms with Gasteiger partial charge >= 0.3 is 6.18 Å². The van der Waals surface area contributed by atoms with E-state index in [1.54, 1.807) is 18.3 Å². The lowest BCUT2D eigenvalue weighted by molar-refractivity contribution is -0.149. The van der Waals surface area contributed by atoms with Crippen LogP contribution in [0.1, 0.15) is 49.8 Å². The van der Waals surface area contributed by atoms with E-state index in [4.69, 9.17) is 5.73 Å². The van der Waals surface area contributed by atoms with Crippen LogP contribution in [-0.4, -0.2) is 20.9 Å². The van der Waals surface area contributed by atoms with E-state index in [1.165, 1.54) is 24.6 Å². The van der Waals surface area contributed by atoms with Gasteiger partial charge in [0.1, 0.15) is 11.4 Å². The van der Waals surface area contributed by atoms with Crippen LogP contribution in [0.25, 0.3) is 10.9 Å². The summed E-state index contributed by atoms with van der Waals surface area (Å²) in [5, 5.41) is 8.04. The molecule has 4 rings (SSSR count). The second kappa shape index (κ2) is 7.55. The number of aromatic nitrogens is 3. The molecule has 9 heteroatoms. The van der Waals surface area contributed by atoms with Gasteiger partial charge in [-0.2, -0.15) is 18.3 Å². The number of aromatic amines is 1. The average molecular weight is 405 g/mol. The zero-order valence-corrected chi connectivity index (χ0v) is 15.7. The number of hydrogen-bond acceptors (Lipinski definition) is 4. The number of benzene rings is 1. The quantitative estimate of drug-likeness (QED) is 0.595. The molecule has 3 aromatic rings. The van der Waals surface area contributed by atoms with Gasteiger partial charge in [-0.15, -0.1) is 0 Å². The van der Waals surface area contributed by atoms with Gasteiger partial charge in [0.2, 0.25) is 0 Å². The summed E-state index contributed by atoms with van der Waals surface area (Å²) in [6.07, 6.45) is 2.42. The first kappa shape index (κ1) is 19.5. The molecule has 1 atom stereocenters.